The molecular weight excluding hydrogens is 254 g/mol. The number of carboxylic acids is 1. The molecule has 0 saturated carbocycles. The van der Waals surface area contributed by atoms with E-state index in [0.717, 1.165) is 36.9 Å². The Labute approximate surface area is 117 Å². The quantitative estimate of drug-likeness (QED) is 0.841. The van der Waals surface area contributed by atoms with Crippen molar-refractivity contribution in [1.29, 1.82) is 0 Å². The van der Waals surface area contributed by atoms with Crippen LogP contribution in [-0.2, 0) is 11.2 Å². The van der Waals surface area contributed by atoms with Gasteiger partial charge in [0.25, 0.3) is 0 Å². The highest BCUT2D eigenvalue weighted by Gasteiger charge is 2.30. The highest BCUT2D eigenvalue weighted by molar-refractivity contribution is 5.99. The minimum Gasteiger partial charge on any atom is -0.478 e. The van der Waals surface area contributed by atoms with Gasteiger partial charge in [0.05, 0.1) is 5.56 Å². The van der Waals surface area contributed by atoms with Crippen molar-refractivity contribution in [2.45, 2.75) is 25.7 Å². The monoisotopic (exact) mass is 271 g/mol. The third-order valence-electron chi connectivity index (χ3n) is 4.11. The normalized spacial score (nSPS) is 20.8. The number of hydrogen-bond donors (Lipinski definition) is 1. The maximum Gasteiger partial charge on any atom is 0.335 e. The SMILES string of the molecule is O=C(O)c1ccc2c(c1)N(C(=O)C1CC=CCC1)CC2. The van der Waals surface area contributed by atoms with Gasteiger partial charge in [0.15, 0.2) is 0 Å². The van der Waals surface area contributed by atoms with Crippen LogP contribution >= 0.6 is 0 Å². The summed E-state index contributed by atoms with van der Waals surface area (Å²) in [6.07, 6.45) is 7.62. The van der Waals surface area contributed by atoms with Crippen molar-refractivity contribution < 1.29 is 14.7 Å². The van der Waals surface area contributed by atoms with E-state index < -0.39 is 5.97 Å². The Morgan fingerprint density at radius 1 is 1.25 bits per heavy atom. The summed E-state index contributed by atoms with van der Waals surface area (Å²) in [4.78, 5) is 25.4. The van der Waals surface area contributed by atoms with Gasteiger partial charge in [-0.15, -0.1) is 0 Å². The number of anilines is 1. The number of hydrogen-bond acceptors (Lipinski definition) is 2. The van der Waals surface area contributed by atoms with Gasteiger partial charge in [0.1, 0.15) is 0 Å². The van der Waals surface area contributed by atoms with Crippen molar-refractivity contribution in [3.8, 4) is 0 Å². The molecule has 20 heavy (non-hydrogen) atoms. The van der Waals surface area contributed by atoms with Crippen LogP contribution < -0.4 is 4.90 Å². The molecule has 0 fully saturated rings. The van der Waals surface area contributed by atoms with E-state index in [1.165, 1.54) is 0 Å². The first kappa shape index (κ1) is 12.9. The standard InChI is InChI=1S/C16H17NO3/c18-15(12-4-2-1-3-5-12)17-9-8-11-6-7-13(16(19)20)10-14(11)17/h1-2,6-7,10,12H,3-5,8-9H2,(H,19,20). The summed E-state index contributed by atoms with van der Waals surface area (Å²) in [5, 5.41) is 9.08. The van der Waals surface area contributed by atoms with Crippen LogP contribution in [0.15, 0.2) is 30.4 Å². The van der Waals surface area contributed by atoms with Crippen LogP contribution in [0.3, 0.4) is 0 Å². The number of aromatic carboxylic acids is 1. The second-order valence-electron chi connectivity index (χ2n) is 5.37. The predicted molar refractivity (Wildman–Crippen MR) is 75.9 cm³/mol. The Hall–Kier alpha value is -2.10. The summed E-state index contributed by atoms with van der Waals surface area (Å²) < 4.78 is 0. The number of fused-ring (bicyclic) bond motifs is 1. The molecule has 1 aliphatic heterocycles. The molecule has 1 amide bonds. The average Bonchev–Trinajstić information content (AvgIpc) is 2.90. The fourth-order valence-corrected chi connectivity index (χ4v) is 2.98. The topological polar surface area (TPSA) is 57.6 Å². The molecule has 0 spiro atoms. The van der Waals surface area contributed by atoms with Crippen molar-refractivity contribution in [2.75, 3.05) is 11.4 Å². The van der Waals surface area contributed by atoms with Gasteiger partial charge in [-0.25, -0.2) is 4.79 Å². The highest BCUT2D eigenvalue weighted by Crippen LogP contribution is 2.32. The van der Waals surface area contributed by atoms with Crippen molar-refractivity contribution in [3.63, 3.8) is 0 Å². The van der Waals surface area contributed by atoms with Gasteiger partial charge >= 0.3 is 5.97 Å². The lowest BCUT2D eigenvalue weighted by atomic mass is 9.93. The third-order valence-corrected chi connectivity index (χ3v) is 4.11. The van der Waals surface area contributed by atoms with Crippen molar-refractivity contribution in [1.82, 2.24) is 0 Å². The van der Waals surface area contributed by atoms with Crippen molar-refractivity contribution in [2.24, 2.45) is 5.92 Å². The molecule has 4 nitrogen and oxygen atoms in total. The fraction of sp³-hybridized carbons (Fsp3) is 0.375. The minimum absolute atomic E-state index is 0.0411. The molecule has 0 aromatic heterocycles. The van der Waals surface area contributed by atoms with Gasteiger partial charge in [-0.2, -0.15) is 0 Å². The number of carboxylic acid groups (broad SMARTS) is 1. The van der Waals surface area contributed by atoms with Crippen LogP contribution in [-0.4, -0.2) is 23.5 Å². The van der Waals surface area contributed by atoms with Gasteiger partial charge in [0, 0.05) is 18.2 Å². The second kappa shape index (κ2) is 5.12. The van der Waals surface area contributed by atoms with E-state index >= 15 is 0 Å². The lowest BCUT2D eigenvalue weighted by Crippen LogP contribution is -2.35. The van der Waals surface area contributed by atoms with E-state index in [-0.39, 0.29) is 17.4 Å². The minimum atomic E-state index is -0.951. The molecule has 1 aromatic carbocycles. The summed E-state index contributed by atoms with van der Waals surface area (Å²) in [7, 11) is 0. The maximum atomic E-state index is 12.6. The molecule has 1 aromatic rings. The molecule has 4 heteroatoms. The van der Waals surface area contributed by atoms with Crippen LogP contribution in [0.25, 0.3) is 0 Å². The number of carbonyl (C=O) groups excluding carboxylic acids is 1. The van der Waals surface area contributed by atoms with Crippen LogP contribution in [0.5, 0.6) is 0 Å². The van der Waals surface area contributed by atoms with Gasteiger partial charge in [0.2, 0.25) is 5.91 Å². The summed E-state index contributed by atoms with van der Waals surface area (Å²) in [6, 6.07) is 5.06. The summed E-state index contributed by atoms with van der Waals surface area (Å²) in [5.74, 6) is -0.775. The third kappa shape index (κ3) is 2.22. The fourth-order valence-electron chi connectivity index (χ4n) is 2.98. The van der Waals surface area contributed by atoms with Crippen molar-refractivity contribution in [3.05, 3.63) is 41.5 Å². The van der Waals surface area contributed by atoms with E-state index in [1.807, 2.05) is 6.07 Å². The summed E-state index contributed by atoms with van der Waals surface area (Å²) in [5.41, 5.74) is 2.09. The van der Waals surface area contributed by atoms with E-state index in [4.69, 9.17) is 5.11 Å². The van der Waals surface area contributed by atoms with Gasteiger partial charge in [-0.05, 0) is 43.4 Å². The molecule has 1 heterocycles. The van der Waals surface area contributed by atoms with Crippen LogP contribution in [0, 0.1) is 5.92 Å². The summed E-state index contributed by atoms with van der Waals surface area (Å²) in [6.45, 7) is 0.664. The highest BCUT2D eigenvalue weighted by atomic mass is 16.4. The Morgan fingerprint density at radius 2 is 2.10 bits per heavy atom. The van der Waals surface area contributed by atoms with Gasteiger partial charge in [-0.3, -0.25) is 4.79 Å². The van der Waals surface area contributed by atoms with E-state index in [1.54, 1.807) is 17.0 Å². The molecular formula is C16H17NO3. The number of benzene rings is 1. The van der Waals surface area contributed by atoms with E-state index in [9.17, 15) is 9.59 Å². The molecule has 1 aliphatic carbocycles. The Morgan fingerprint density at radius 3 is 2.80 bits per heavy atom. The lowest BCUT2D eigenvalue weighted by molar-refractivity contribution is -0.122. The molecule has 3 rings (SSSR count). The molecule has 0 radical (unpaired) electrons. The molecule has 0 bridgehead atoms. The maximum absolute atomic E-state index is 12.6. The van der Waals surface area contributed by atoms with Crippen LogP contribution in [0.4, 0.5) is 5.69 Å². The Kier molecular flexibility index (Phi) is 3.30. The van der Waals surface area contributed by atoms with E-state index in [0.29, 0.717) is 6.54 Å². The summed E-state index contributed by atoms with van der Waals surface area (Å²) >= 11 is 0. The van der Waals surface area contributed by atoms with Crippen LogP contribution in [0.1, 0.15) is 35.2 Å². The van der Waals surface area contributed by atoms with Crippen LogP contribution in [0.2, 0.25) is 0 Å². The zero-order chi connectivity index (χ0) is 14.1. The first-order valence-corrected chi connectivity index (χ1v) is 6.99. The number of rotatable bonds is 2. The van der Waals surface area contributed by atoms with Gasteiger partial charge < -0.3 is 10.0 Å². The molecule has 1 atom stereocenters. The average molecular weight is 271 g/mol. The largest absolute Gasteiger partial charge is 0.478 e. The van der Waals surface area contributed by atoms with Crippen molar-refractivity contribution >= 4 is 17.6 Å². The number of nitrogens with zero attached hydrogens (tertiary/aromatic N) is 1. The number of amides is 1. The second-order valence-corrected chi connectivity index (χ2v) is 5.37. The number of allylic oxidation sites excluding steroid dienone is 2. The molecule has 1 unspecified atom stereocenters. The molecule has 2 aliphatic rings. The zero-order valence-corrected chi connectivity index (χ0v) is 11.2. The molecule has 1 N–H and O–H groups in total. The van der Waals surface area contributed by atoms with Gasteiger partial charge in [-0.1, -0.05) is 18.2 Å². The lowest BCUT2D eigenvalue weighted by Gasteiger charge is -2.24. The first-order valence-electron chi connectivity index (χ1n) is 6.99. The molecule has 0 saturated heterocycles. The molecule has 104 valence electrons. The number of carbonyl (C=O) groups is 2. The predicted octanol–water partition coefficient (Wildman–Crippen LogP) is 2.63. The first-order chi connectivity index (χ1) is 9.66. The Balaban J connectivity index is 1.87. The smallest absolute Gasteiger partial charge is 0.335 e. The zero-order valence-electron chi connectivity index (χ0n) is 11.2. The Bertz CT molecular complexity index is 591. The van der Waals surface area contributed by atoms with E-state index in [2.05, 4.69) is 12.2 Å².